The molecule has 0 fully saturated rings. The fourth-order valence-corrected chi connectivity index (χ4v) is 8.27. The van der Waals surface area contributed by atoms with Crippen molar-refractivity contribution in [2.75, 3.05) is 40.9 Å². The van der Waals surface area contributed by atoms with E-state index >= 15 is 0 Å². The summed E-state index contributed by atoms with van der Waals surface area (Å²) in [5.41, 5.74) is 0. The number of phosphoric acid groups is 1. The fourth-order valence-electron chi connectivity index (χ4n) is 7.54. The van der Waals surface area contributed by atoms with E-state index < -0.39 is 20.0 Å². The Bertz CT molecular complexity index is 1170. The van der Waals surface area contributed by atoms with Crippen molar-refractivity contribution in [3.05, 3.63) is 48.6 Å². The van der Waals surface area contributed by atoms with Gasteiger partial charge in [0, 0.05) is 6.42 Å². The van der Waals surface area contributed by atoms with Crippen molar-refractivity contribution in [2.45, 2.75) is 251 Å². The molecule has 0 aromatic carbocycles. The maximum absolute atomic E-state index is 12.9. The van der Waals surface area contributed by atoms with E-state index in [0.717, 1.165) is 44.9 Å². The van der Waals surface area contributed by atoms with Crippen LogP contribution in [0.2, 0.25) is 0 Å². The number of aliphatic hydroxyl groups is 1. The highest BCUT2D eigenvalue weighted by atomic mass is 31.2. The van der Waals surface area contributed by atoms with Gasteiger partial charge in [-0.05, 0) is 70.6 Å². The summed E-state index contributed by atoms with van der Waals surface area (Å²) in [4.78, 5) is 23.2. The molecule has 0 aliphatic heterocycles. The highest BCUT2D eigenvalue weighted by molar-refractivity contribution is 7.47. The Balaban J connectivity index is 4.36. The average Bonchev–Trinajstić information content (AvgIpc) is 3.24. The van der Waals surface area contributed by atoms with Crippen LogP contribution in [0, 0.1) is 0 Å². The Morgan fingerprint density at radius 1 is 0.524 bits per heavy atom. The summed E-state index contributed by atoms with van der Waals surface area (Å²) in [6.45, 7) is 4.80. The molecule has 0 radical (unpaired) electrons. The quantitative estimate of drug-likeness (QED) is 0.0243. The maximum atomic E-state index is 12.9. The SMILES string of the molecule is CCCCCCCCCCC/C=C/CC/C=C/CC/C=C/C(O)C(COP(=O)(O)OCC[N+](C)(C)C)NC(=O)CCCCCCCCC/C=C\CCCCCCCCCCCCC. The standard InChI is InChI=1S/C54H103N2O6P/c1-6-8-10-12-14-16-18-20-22-24-26-27-28-30-32-34-36-38-40-42-44-46-48-54(58)55-52(51-62-63(59,60)61-50-49-56(3,4)5)53(57)47-45-43-41-39-37-35-33-31-29-25-23-21-19-17-15-13-11-9-7-2/h28-31,37,39,45,47,52-53,57H,6-27,32-36,38,40-44,46,48-51H2,1-5H3,(H-,55,58,59,60)/p+1/b30-28-,31-29+,39-37+,47-45+. The Kier molecular flexibility index (Phi) is 44.5. The maximum Gasteiger partial charge on any atom is 0.472 e. The van der Waals surface area contributed by atoms with Crippen LogP contribution in [0.1, 0.15) is 239 Å². The number of phosphoric ester groups is 1. The van der Waals surface area contributed by atoms with E-state index in [1.807, 2.05) is 27.2 Å². The van der Waals surface area contributed by atoms with E-state index in [0.29, 0.717) is 17.4 Å². The molecule has 0 aromatic rings. The minimum atomic E-state index is -4.36. The molecule has 0 aliphatic rings. The minimum absolute atomic E-state index is 0.0521. The first-order valence-corrected chi connectivity index (χ1v) is 28.0. The van der Waals surface area contributed by atoms with Crippen molar-refractivity contribution in [3.63, 3.8) is 0 Å². The van der Waals surface area contributed by atoms with Gasteiger partial charge in [-0.2, -0.15) is 0 Å². The number of rotatable bonds is 48. The van der Waals surface area contributed by atoms with Crippen LogP contribution in [0.25, 0.3) is 0 Å². The van der Waals surface area contributed by atoms with Crippen LogP contribution in [0.3, 0.4) is 0 Å². The molecule has 8 nitrogen and oxygen atoms in total. The number of allylic oxidation sites excluding steroid dienone is 7. The molecule has 9 heteroatoms. The van der Waals surface area contributed by atoms with Gasteiger partial charge in [-0.3, -0.25) is 13.8 Å². The second-order valence-corrected chi connectivity index (χ2v) is 20.7. The van der Waals surface area contributed by atoms with Crippen LogP contribution in [0.15, 0.2) is 48.6 Å². The predicted octanol–water partition coefficient (Wildman–Crippen LogP) is 15.6. The zero-order chi connectivity index (χ0) is 46.4. The number of hydrogen-bond acceptors (Lipinski definition) is 5. The third-order valence-corrected chi connectivity index (χ3v) is 12.7. The van der Waals surface area contributed by atoms with Crippen molar-refractivity contribution in [2.24, 2.45) is 0 Å². The number of carbonyl (C=O) groups is 1. The summed E-state index contributed by atoms with van der Waals surface area (Å²) in [5, 5.41) is 13.9. The number of quaternary nitrogens is 1. The Morgan fingerprint density at radius 2 is 0.873 bits per heavy atom. The molecule has 3 atom stereocenters. The summed E-state index contributed by atoms with van der Waals surface area (Å²) >= 11 is 0. The van der Waals surface area contributed by atoms with Crippen molar-refractivity contribution >= 4 is 13.7 Å². The van der Waals surface area contributed by atoms with Gasteiger partial charge in [0.15, 0.2) is 0 Å². The highest BCUT2D eigenvalue weighted by Crippen LogP contribution is 2.43. The molecular formula is C54H104N2O6P+. The van der Waals surface area contributed by atoms with Crippen molar-refractivity contribution < 1.29 is 32.9 Å². The molecule has 3 unspecified atom stereocenters. The molecule has 1 amide bonds. The zero-order valence-corrected chi connectivity index (χ0v) is 43.0. The van der Waals surface area contributed by atoms with Gasteiger partial charge in [-0.15, -0.1) is 0 Å². The van der Waals surface area contributed by atoms with Crippen molar-refractivity contribution in [1.29, 1.82) is 0 Å². The van der Waals surface area contributed by atoms with Crippen molar-refractivity contribution in [3.8, 4) is 0 Å². The molecular weight excluding hydrogens is 804 g/mol. The molecule has 0 saturated carbocycles. The Morgan fingerprint density at radius 3 is 1.27 bits per heavy atom. The molecule has 370 valence electrons. The molecule has 0 heterocycles. The van der Waals surface area contributed by atoms with Gasteiger partial charge in [0.05, 0.1) is 39.9 Å². The van der Waals surface area contributed by atoms with Gasteiger partial charge in [-0.25, -0.2) is 4.57 Å². The van der Waals surface area contributed by atoms with Crippen LogP contribution in [-0.2, 0) is 18.4 Å². The second-order valence-electron chi connectivity index (χ2n) is 19.2. The minimum Gasteiger partial charge on any atom is -0.387 e. The van der Waals surface area contributed by atoms with E-state index in [1.165, 1.54) is 173 Å². The lowest BCUT2D eigenvalue weighted by Crippen LogP contribution is -2.45. The summed E-state index contributed by atoms with van der Waals surface area (Å²) in [6, 6.07) is -0.872. The molecule has 0 rings (SSSR count). The van der Waals surface area contributed by atoms with E-state index in [9.17, 15) is 19.4 Å². The lowest BCUT2D eigenvalue weighted by Gasteiger charge is -2.25. The van der Waals surface area contributed by atoms with Crippen molar-refractivity contribution in [1.82, 2.24) is 5.32 Å². The van der Waals surface area contributed by atoms with Gasteiger partial charge in [0.25, 0.3) is 0 Å². The Hall–Kier alpha value is -1.54. The monoisotopic (exact) mass is 908 g/mol. The number of aliphatic hydroxyl groups excluding tert-OH is 1. The van der Waals surface area contributed by atoms with Crippen LogP contribution in [-0.4, -0.2) is 73.4 Å². The number of likely N-dealkylation sites (N-methyl/N-ethyl adjacent to an activating group) is 1. The molecule has 0 bridgehead atoms. The second kappa shape index (κ2) is 45.6. The van der Waals surface area contributed by atoms with Crippen LogP contribution in [0.4, 0.5) is 0 Å². The van der Waals surface area contributed by atoms with Crippen LogP contribution in [0.5, 0.6) is 0 Å². The first kappa shape index (κ1) is 61.5. The first-order valence-electron chi connectivity index (χ1n) is 26.5. The number of hydrogen-bond donors (Lipinski definition) is 3. The largest absolute Gasteiger partial charge is 0.472 e. The summed E-state index contributed by atoms with van der Waals surface area (Å²) in [5.74, 6) is -0.195. The van der Waals surface area contributed by atoms with Gasteiger partial charge < -0.3 is 19.8 Å². The van der Waals surface area contributed by atoms with Gasteiger partial charge >= 0.3 is 7.82 Å². The third-order valence-electron chi connectivity index (χ3n) is 11.7. The number of carbonyl (C=O) groups excluding carboxylic acids is 1. The number of amides is 1. The lowest BCUT2D eigenvalue weighted by atomic mass is 10.0. The van der Waals surface area contributed by atoms with E-state index in [-0.39, 0.29) is 19.1 Å². The predicted molar refractivity (Wildman–Crippen MR) is 272 cm³/mol. The molecule has 63 heavy (non-hydrogen) atoms. The summed E-state index contributed by atoms with van der Waals surface area (Å²) < 4.78 is 23.6. The van der Waals surface area contributed by atoms with Gasteiger partial charge in [-0.1, -0.05) is 210 Å². The molecule has 0 aromatic heterocycles. The first-order chi connectivity index (χ1) is 30.5. The van der Waals surface area contributed by atoms with Gasteiger partial charge in [0.2, 0.25) is 5.91 Å². The molecule has 0 saturated heterocycles. The Labute approximate surface area is 390 Å². The van der Waals surface area contributed by atoms with E-state index in [4.69, 9.17) is 9.05 Å². The highest BCUT2D eigenvalue weighted by Gasteiger charge is 2.27. The normalized spacial score (nSPS) is 14.5. The summed E-state index contributed by atoms with van der Waals surface area (Å²) in [6.07, 6.45) is 59.1. The van der Waals surface area contributed by atoms with E-state index in [1.54, 1.807) is 6.08 Å². The average molecular weight is 908 g/mol. The zero-order valence-electron chi connectivity index (χ0n) is 42.1. The molecule has 0 aliphatic carbocycles. The summed E-state index contributed by atoms with van der Waals surface area (Å²) in [7, 11) is 1.54. The molecule has 0 spiro atoms. The van der Waals surface area contributed by atoms with Crippen LogP contribution < -0.4 is 5.32 Å². The lowest BCUT2D eigenvalue weighted by molar-refractivity contribution is -0.870. The topological polar surface area (TPSA) is 105 Å². The number of nitrogens with zero attached hydrogens (tertiary/aromatic N) is 1. The number of nitrogens with one attached hydrogen (secondary N) is 1. The number of unbranched alkanes of at least 4 members (excludes halogenated alkanes) is 29. The fraction of sp³-hybridized carbons (Fsp3) is 0.833. The molecule has 3 N–H and O–H groups in total. The smallest absolute Gasteiger partial charge is 0.387 e. The van der Waals surface area contributed by atoms with Gasteiger partial charge in [0.1, 0.15) is 13.2 Å². The van der Waals surface area contributed by atoms with Crippen LogP contribution >= 0.6 is 7.82 Å². The third kappa shape index (κ3) is 48.2. The van der Waals surface area contributed by atoms with E-state index in [2.05, 4.69) is 55.6 Å².